The zero-order chi connectivity index (χ0) is 16.3. The number of aliphatic hydroxyl groups is 1. The standard InChI is InChI=1S/C19H18N2O2/c20-12-14-4-3-7-16(10-14)18(22)21-13-19(23)9-8-15-5-1-2-6-17(15)11-19/h1-7,10,23H,8-9,11,13H2,(H,21,22)/t19-/m0/s1. The quantitative estimate of drug-likeness (QED) is 0.913. The number of carbonyl (C=O) groups excluding carboxylic acids is 1. The summed E-state index contributed by atoms with van der Waals surface area (Å²) >= 11 is 0. The van der Waals surface area contributed by atoms with E-state index in [1.54, 1.807) is 24.3 Å². The highest BCUT2D eigenvalue weighted by Crippen LogP contribution is 2.28. The molecule has 23 heavy (non-hydrogen) atoms. The molecule has 2 aromatic rings. The van der Waals surface area contributed by atoms with E-state index in [4.69, 9.17) is 5.26 Å². The van der Waals surface area contributed by atoms with Gasteiger partial charge in [-0.25, -0.2) is 0 Å². The second-order valence-electron chi connectivity index (χ2n) is 6.05. The number of carbonyl (C=O) groups is 1. The van der Waals surface area contributed by atoms with E-state index in [9.17, 15) is 9.90 Å². The molecule has 116 valence electrons. The Labute approximate surface area is 135 Å². The molecular weight excluding hydrogens is 288 g/mol. The predicted molar refractivity (Wildman–Crippen MR) is 86.9 cm³/mol. The summed E-state index contributed by atoms with van der Waals surface area (Å²) in [7, 11) is 0. The van der Waals surface area contributed by atoms with Crippen LogP contribution in [0.4, 0.5) is 0 Å². The van der Waals surface area contributed by atoms with E-state index >= 15 is 0 Å². The van der Waals surface area contributed by atoms with Gasteiger partial charge in [-0.3, -0.25) is 4.79 Å². The molecule has 1 amide bonds. The first-order valence-corrected chi connectivity index (χ1v) is 7.67. The van der Waals surface area contributed by atoms with Crippen molar-refractivity contribution in [1.29, 1.82) is 5.26 Å². The van der Waals surface area contributed by atoms with E-state index in [-0.39, 0.29) is 12.5 Å². The highest BCUT2D eigenvalue weighted by atomic mass is 16.3. The van der Waals surface area contributed by atoms with Crippen LogP contribution < -0.4 is 5.32 Å². The first-order chi connectivity index (χ1) is 11.1. The summed E-state index contributed by atoms with van der Waals surface area (Å²) in [5.74, 6) is -0.269. The van der Waals surface area contributed by atoms with Crippen LogP contribution in [-0.4, -0.2) is 23.2 Å². The number of benzene rings is 2. The van der Waals surface area contributed by atoms with Crippen molar-refractivity contribution in [3.05, 3.63) is 70.8 Å². The lowest BCUT2D eigenvalue weighted by Gasteiger charge is -2.33. The number of nitrogens with one attached hydrogen (secondary N) is 1. The monoisotopic (exact) mass is 306 g/mol. The molecule has 1 atom stereocenters. The van der Waals surface area contributed by atoms with E-state index in [2.05, 4.69) is 11.4 Å². The maximum atomic E-state index is 12.2. The summed E-state index contributed by atoms with van der Waals surface area (Å²) in [6.07, 6.45) is 1.98. The smallest absolute Gasteiger partial charge is 0.251 e. The Balaban J connectivity index is 1.66. The summed E-state index contributed by atoms with van der Waals surface area (Å²) in [5, 5.41) is 22.4. The molecule has 0 fully saturated rings. The number of fused-ring (bicyclic) bond motifs is 1. The lowest BCUT2D eigenvalue weighted by molar-refractivity contribution is 0.0260. The average Bonchev–Trinajstić information content (AvgIpc) is 2.59. The Kier molecular flexibility index (Phi) is 4.14. The van der Waals surface area contributed by atoms with Crippen molar-refractivity contribution < 1.29 is 9.90 Å². The van der Waals surface area contributed by atoms with E-state index in [0.29, 0.717) is 24.0 Å². The van der Waals surface area contributed by atoms with Gasteiger partial charge in [-0.15, -0.1) is 0 Å². The molecule has 0 aromatic heterocycles. The largest absolute Gasteiger partial charge is 0.388 e. The second-order valence-corrected chi connectivity index (χ2v) is 6.05. The first-order valence-electron chi connectivity index (χ1n) is 7.67. The molecule has 4 nitrogen and oxygen atoms in total. The maximum absolute atomic E-state index is 12.2. The zero-order valence-electron chi connectivity index (χ0n) is 12.7. The number of amides is 1. The normalized spacial score (nSPS) is 19.5. The minimum absolute atomic E-state index is 0.205. The minimum atomic E-state index is -0.920. The molecule has 1 aliphatic carbocycles. The van der Waals surface area contributed by atoms with Crippen LogP contribution in [0, 0.1) is 11.3 Å². The molecule has 0 spiro atoms. The fourth-order valence-electron chi connectivity index (χ4n) is 3.01. The molecule has 0 bridgehead atoms. The third-order valence-electron chi connectivity index (χ3n) is 4.33. The summed E-state index contributed by atoms with van der Waals surface area (Å²) in [6, 6.07) is 16.7. The number of hydrogen-bond donors (Lipinski definition) is 2. The Morgan fingerprint density at radius 2 is 2.00 bits per heavy atom. The molecule has 0 unspecified atom stereocenters. The molecule has 3 rings (SSSR count). The van der Waals surface area contributed by atoms with Crippen molar-refractivity contribution in [3.8, 4) is 6.07 Å². The lowest BCUT2D eigenvalue weighted by atomic mass is 9.80. The number of hydrogen-bond acceptors (Lipinski definition) is 3. The molecule has 0 aliphatic heterocycles. The van der Waals surface area contributed by atoms with E-state index in [0.717, 1.165) is 12.0 Å². The number of aryl methyl sites for hydroxylation is 1. The van der Waals surface area contributed by atoms with Gasteiger partial charge in [0.2, 0.25) is 0 Å². The molecule has 0 saturated heterocycles. The van der Waals surface area contributed by atoms with Crippen LogP contribution >= 0.6 is 0 Å². The van der Waals surface area contributed by atoms with Crippen molar-refractivity contribution in [1.82, 2.24) is 5.32 Å². The van der Waals surface area contributed by atoms with Crippen molar-refractivity contribution >= 4 is 5.91 Å². The second kappa shape index (κ2) is 6.23. The molecular formula is C19H18N2O2. The molecule has 0 heterocycles. The molecule has 0 saturated carbocycles. The van der Waals surface area contributed by atoms with Crippen LogP contribution in [0.25, 0.3) is 0 Å². The molecule has 0 radical (unpaired) electrons. The number of nitriles is 1. The average molecular weight is 306 g/mol. The van der Waals surface area contributed by atoms with Crippen molar-refractivity contribution in [2.24, 2.45) is 0 Å². The van der Waals surface area contributed by atoms with Gasteiger partial charge in [0.1, 0.15) is 0 Å². The van der Waals surface area contributed by atoms with Crippen LogP contribution in [0.2, 0.25) is 0 Å². The van der Waals surface area contributed by atoms with Gasteiger partial charge < -0.3 is 10.4 Å². The molecule has 2 aromatic carbocycles. The maximum Gasteiger partial charge on any atom is 0.251 e. The van der Waals surface area contributed by atoms with Crippen molar-refractivity contribution in [2.75, 3.05) is 6.54 Å². The van der Waals surface area contributed by atoms with Crippen molar-refractivity contribution in [2.45, 2.75) is 24.9 Å². The van der Waals surface area contributed by atoms with Gasteiger partial charge in [-0.2, -0.15) is 5.26 Å². The fraction of sp³-hybridized carbons (Fsp3) is 0.263. The van der Waals surface area contributed by atoms with Crippen LogP contribution in [0.3, 0.4) is 0 Å². The fourth-order valence-corrected chi connectivity index (χ4v) is 3.01. The summed E-state index contributed by atoms with van der Waals surface area (Å²) in [4.78, 5) is 12.2. The molecule has 1 aliphatic rings. The van der Waals surface area contributed by atoms with Gasteiger partial charge in [-0.05, 0) is 42.2 Å². The van der Waals surface area contributed by atoms with Gasteiger partial charge in [0.25, 0.3) is 5.91 Å². The van der Waals surface area contributed by atoms with Gasteiger partial charge in [0.15, 0.2) is 0 Å². The Bertz CT molecular complexity index is 779. The Hall–Kier alpha value is -2.64. The van der Waals surface area contributed by atoms with Crippen LogP contribution in [-0.2, 0) is 12.8 Å². The first kappa shape index (κ1) is 15.3. The summed E-state index contributed by atoms with van der Waals surface area (Å²) in [5.41, 5.74) is 2.37. The Morgan fingerprint density at radius 1 is 1.22 bits per heavy atom. The highest BCUT2D eigenvalue weighted by Gasteiger charge is 2.32. The van der Waals surface area contributed by atoms with Crippen LogP contribution in [0.5, 0.6) is 0 Å². The van der Waals surface area contributed by atoms with E-state index in [1.807, 2.05) is 24.3 Å². The van der Waals surface area contributed by atoms with Crippen LogP contribution in [0.15, 0.2) is 48.5 Å². The molecule has 4 heteroatoms. The Morgan fingerprint density at radius 3 is 2.78 bits per heavy atom. The SMILES string of the molecule is N#Cc1cccc(C(=O)NC[C@]2(O)CCc3ccccc3C2)c1. The third-order valence-corrected chi connectivity index (χ3v) is 4.33. The third kappa shape index (κ3) is 3.41. The summed E-state index contributed by atoms with van der Waals surface area (Å²) in [6.45, 7) is 0.205. The van der Waals surface area contributed by atoms with Crippen molar-refractivity contribution in [3.63, 3.8) is 0 Å². The van der Waals surface area contributed by atoms with Gasteiger partial charge in [0.05, 0.1) is 17.2 Å². The summed E-state index contributed by atoms with van der Waals surface area (Å²) < 4.78 is 0. The zero-order valence-corrected chi connectivity index (χ0v) is 12.7. The lowest BCUT2D eigenvalue weighted by Crippen LogP contribution is -2.46. The topological polar surface area (TPSA) is 73.1 Å². The van der Waals surface area contributed by atoms with Gasteiger partial charge >= 0.3 is 0 Å². The minimum Gasteiger partial charge on any atom is -0.388 e. The van der Waals surface area contributed by atoms with Gasteiger partial charge in [0, 0.05) is 18.5 Å². The number of nitrogens with zero attached hydrogens (tertiary/aromatic N) is 1. The molecule has 2 N–H and O–H groups in total. The van der Waals surface area contributed by atoms with E-state index < -0.39 is 5.60 Å². The van der Waals surface area contributed by atoms with E-state index in [1.165, 1.54) is 5.56 Å². The predicted octanol–water partition coefficient (Wildman–Crippen LogP) is 2.21. The van der Waals surface area contributed by atoms with Gasteiger partial charge in [-0.1, -0.05) is 30.3 Å². The highest BCUT2D eigenvalue weighted by molar-refractivity contribution is 5.94. The van der Waals surface area contributed by atoms with Crippen LogP contribution in [0.1, 0.15) is 33.5 Å². The number of rotatable bonds is 3.